The van der Waals surface area contributed by atoms with E-state index in [1.165, 1.54) is 60.1 Å². The fraction of sp³-hybridized carbons (Fsp3) is 0.352. The molecule has 11 heteroatoms. The van der Waals surface area contributed by atoms with Crippen molar-refractivity contribution in [3.63, 3.8) is 0 Å². The quantitative estimate of drug-likeness (QED) is 0.144. The van der Waals surface area contributed by atoms with Gasteiger partial charge in [0.25, 0.3) is 0 Å². The molecule has 1 N–H and O–H groups in total. The summed E-state index contributed by atoms with van der Waals surface area (Å²) in [5, 5.41) is 20.6. The molecule has 0 saturated carbocycles. The first-order valence-electron chi connectivity index (χ1n) is 23.2. The fourth-order valence-electron chi connectivity index (χ4n) is 11.0. The number of hydrogen-bond acceptors (Lipinski definition) is 10. The summed E-state index contributed by atoms with van der Waals surface area (Å²) in [5.74, 6) is 4.28. The molecule has 4 aromatic carbocycles. The summed E-state index contributed by atoms with van der Waals surface area (Å²) >= 11 is 1.81. The van der Waals surface area contributed by atoms with Crippen LogP contribution in [0.3, 0.4) is 0 Å². The number of phenols is 1. The van der Waals surface area contributed by atoms with Crippen LogP contribution in [0, 0.1) is 20.8 Å². The molecule has 65 heavy (non-hydrogen) atoms. The first-order chi connectivity index (χ1) is 31.8. The van der Waals surface area contributed by atoms with Crippen molar-refractivity contribution in [1.82, 2.24) is 24.6 Å². The second-order valence-electron chi connectivity index (χ2n) is 18.4. The highest BCUT2D eigenvalue weighted by Gasteiger charge is 2.40. The van der Waals surface area contributed by atoms with E-state index >= 15 is 0 Å². The Morgan fingerprint density at radius 2 is 1.71 bits per heavy atom. The number of phenolic OH excluding ortho intramolecular Hbond substituents is 1. The Kier molecular flexibility index (Phi) is 11.2. The Morgan fingerprint density at radius 1 is 0.892 bits per heavy atom. The molecule has 10 nitrogen and oxygen atoms in total. The molecule has 332 valence electrons. The number of morpholine rings is 1. The van der Waals surface area contributed by atoms with E-state index in [0.717, 1.165) is 82.4 Å². The second kappa shape index (κ2) is 17.4. The minimum atomic E-state index is -0.151. The number of aryl methyl sites for hydroxylation is 3. The summed E-state index contributed by atoms with van der Waals surface area (Å²) in [6.45, 7) is 12.5. The van der Waals surface area contributed by atoms with Crippen molar-refractivity contribution >= 4 is 22.6 Å². The Bertz CT molecular complexity index is 2810. The zero-order valence-corrected chi connectivity index (χ0v) is 38.3. The highest BCUT2D eigenvalue weighted by atomic mass is 32.1. The van der Waals surface area contributed by atoms with Crippen LogP contribution >= 0.6 is 11.3 Å². The summed E-state index contributed by atoms with van der Waals surface area (Å²) < 4.78 is 21.0. The standard InChI is InChI=1S/C54H56N6O4S/c1-35-36(2)65-53-50(35)48(32-42(33-49-55-23-28-63-49)52-57-56-37(3)60(52)53)39-9-14-43(15-10-39)59-27-30-64-54(34-59)21-24-58(25-22-54)26-29-62-45-17-11-40(12-18-45)51-46(38-7-5-4-6-8-38)19-13-41-31-44(61)16-20-47(41)51/h4-12,14-18,20,23,28,31-32,42,46,51,61H,13,19,21-22,24-27,29-30,33-34H2,1-3H3/t42?,46-,51+/m1/s1. The van der Waals surface area contributed by atoms with Crippen LogP contribution in [0.4, 0.5) is 5.69 Å². The third kappa shape index (κ3) is 8.08. The SMILES string of the molecule is Cc1sc2c(c1C)C(c1ccc(N3CCOC4(CCN(CCOc5ccc([C@@H]6c7ccc(O)cc7CC[C@@H]6c6ccccc6)cc5)CC4)C3)cc1)=CC(Cc1ncco1)c1nnc(C)n1-2. The van der Waals surface area contributed by atoms with E-state index in [1.807, 2.05) is 30.4 Å². The van der Waals surface area contributed by atoms with Gasteiger partial charge < -0.3 is 23.9 Å². The number of nitrogens with zero attached hydrogens (tertiary/aromatic N) is 6. The molecule has 11 rings (SSSR count). The highest BCUT2D eigenvalue weighted by molar-refractivity contribution is 7.15. The summed E-state index contributed by atoms with van der Waals surface area (Å²) in [5.41, 5.74) is 11.2. The number of benzene rings is 4. The van der Waals surface area contributed by atoms with Gasteiger partial charge in [0.1, 0.15) is 41.0 Å². The van der Waals surface area contributed by atoms with Crippen LogP contribution in [0.2, 0.25) is 0 Å². The molecule has 1 aliphatic carbocycles. The predicted octanol–water partition coefficient (Wildman–Crippen LogP) is 10.3. The minimum absolute atomic E-state index is 0.0518. The third-order valence-corrected chi connectivity index (χ3v) is 15.8. The number of oxazole rings is 1. The van der Waals surface area contributed by atoms with Gasteiger partial charge in [-0.15, -0.1) is 21.5 Å². The van der Waals surface area contributed by atoms with Crippen LogP contribution in [-0.2, 0) is 17.6 Å². The van der Waals surface area contributed by atoms with Gasteiger partial charge in [0, 0.05) is 67.1 Å². The van der Waals surface area contributed by atoms with Crippen molar-refractivity contribution in [3.05, 3.63) is 177 Å². The Hall–Kier alpha value is -6.01. The molecule has 4 aliphatic rings. The maximum Gasteiger partial charge on any atom is 0.194 e. The lowest BCUT2D eigenvalue weighted by atomic mass is 9.69. The molecule has 7 aromatic rings. The van der Waals surface area contributed by atoms with Crippen LogP contribution in [0.5, 0.6) is 11.5 Å². The van der Waals surface area contributed by atoms with Gasteiger partial charge in [0.05, 0.1) is 18.4 Å². The molecule has 1 spiro atoms. The largest absolute Gasteiger partial charge is 0.508 e. The normalized spacial score (nSPS) is 20.4. The maximum atomic E-state index is 10.3. The van der Waals surface area contributed by atoms with Crippen LogP contribution in [0.25, 0.3) is 10.6 Å². The third-order valence-electron chi connectivity index (χ3n) is 14.6. The second-order valence-corrected chi connectivity index (χ2v) is 19.6. The van der Waals surface area contributed by atoms with Gasteiger partial charge >= 0.3 is 0 Å². The number of ether oxygens (including phenoxy) is 2. The van der Waals surface area contributed by atoms with E-state index in [-0.39, 0.29) is 17.4 Å². The molecule has 3 aromatic heterocycles. The monoisotopic (exact) mass is 884 g/mol. The van der Waals surface area contributed by atoms with E-state index in [2.05, 4.69) is 129 Å². The van der Waals surface area contributed by atoms with Crippen LogP contribution in [0.15, 0.2) is 120 Å². The number of aromatic nitrogens is 4. The summed E-state index contributed by atoms with van der Waals surface area (Å²) in [4.78, 5) is 10.8. The van der Waals surface area contributed by atoms with Gasteiger partial charge in [-0.1, -0.05) is 66.7 Å². The number of thiophene rings is 1. The number of fused-ring (bicyclic) bond motifs is 4. The summed E-state index contributed by atoms with van der Waals surface area (Å²) in [6, 6.07) is 34.7. The average Bonchev–Trinajstić information content (AvgIpc) is 4.05. The number of anilines is 1. The number of hydrogen-bond donors (Lipinski definition) is 1. The lowest BCUT2D eigenvalue weighted by molar-refractivity contribution is -0.0918. The van der Waals surface area contributed by atoms with E-state index in [1.54, 1.807) is 12.5 Å². The minimum Gasteiger partial charge on any atom is -0.508 e. The maximum absolute atomic E-state index is 10.3. The fourth-order valence-corrected chi connectivity index (χ4v) is 12.2. The van der Waals surface area contributed by atoms with Gasteiger partial charge in [-0.05, 0) is 128 Å². The Labute approximate surface area is 385 Å². The van der Waals surface area contributed by atoms with Crippen molar-refractivity contribution < 1.29 is 19.0 Å². The number of rotatable bonds is 10. The highest BCUT2D eigenvalue weighted by Crippen LogP contribution is 2.48. The van der Waals surface area contributed by atoms with Gasteiger partial charge in [-0.3, -0.25) is 9.47 Å². The smallest absolute Gasteiger partial charge is 0.194 e. The van der Waals surface area contributed by atoms with Gasteiger partial charge in [0.15, 0.2) is 5.89 Å². The van der Waals surface area contributed by atoms with E-state index in [9.17, 15) is 5.11 Å². The summed E-state index contributed by atoms with van der Waals surface area (Å²) in [6.07, 6.45) is 10.3. The molecule has 0 radical (unpaired) electrons. The average molecular weight is 885 g/mol. The lowest BCUT2D eigenvalue weighted by Crippen LogP contribution is -2.57. The molecule has 2 saturated heterocycles. The molecule has 2 fully saturated rings. The number of piperidine rings is 1. The lowest BCUT2D eigenvalue weighted by Gasteiger charge is -2.48. The first-order valence-corrected chi connectivity index (χ1v) is 24.0. The topological polar surface area (TPSA) is 102 Å². The van der Waals surface area contributed by atoms with Gasteiger partial charge in [0.2, 0.25) is 0 Å². The molecule has 3 aliphatic heterocycles. The van der Waals surface area contributed by atoms with E-state index in [4.69, 9.17) is 19.0 Å². The number of allylic oxidation sites excluding steroid dienone is 1. The van der Waals surface area contributed by atoms with Crippen LogP contribution in [-0.4, -0.2) is 81.3 Å². The molecule has 3 atom stereocenters. The predicted molar refractivity (Wildman–Crippen MR) is 256 cm³/mol. The zero-order valence-electron chi connectivity index (χ0n) is 37.5. The van der Waals surface area contributed by atoms with Gasteiger partial charge in [-0.2, -0.15) is 0 Å². The molecule has 0 bridgehead atoms. The summed E-state index contributed by atoms with van der Waals surface area (Å²) in [7, 11) is 0. The van der Waals surface area contributed by atoms with Crippen molar-refractivity contribution in [1.29, 1.82) is 0 Å². The Morgan fingerprint density at radius 3 is 2.49 bits per heavy atom. The number of aromatic hydroxyl groups is 1. The van der Waals surface area contributed by atoms with Crippen molar-refractivity contribution in [2.45, 2.75) is 76.2 Å². The van der Waals surface area contributed by atoms with Crippen molar-refractivity contribution in [2.24, 2.45) is 0 Å². The molecule has 6 heterocycles. The van der Waals surface area contributed by atoms with Crippen molar-refractivity contribution in [2.75, 3.05) is 50.8 Å². The van der Waals surface area contributed by atoms with E-state index in [0.29, 0.717) is 30.6 Å². The molecule has 1 unspecified atom stereocenters. The molecular weight excluding hydrogens is 829 g/mol. The Balaban J connectivity index is 0.728. The van der Waals surface area contributed by atoms with Gasteiger partial charge in [-0.25, -0.2) is 4.98 Å². The van der Waals surface area contributed by atoms with Crippen LogP contribution < -0.4 is 9.64 Å². The van der Waals surface area contributed by atoms with Crippen LogP contribution in [0.1, 0.15) is 98.4 Å². The number of likely N-dealkylation sites (tertiary alicyclic amines) is 1. The van der Waals surface area contributed by atoms with Crippen molar-refractivity contribution in [3.8, 4) is 16.5 Å². The molecular formula is C54H56N6O4S. The molecule has 0 amide bonds. The first kappa shape index (κ1) is 41.7. The van der Waals surface area contributed by atoms with E-state index < -0.39 is 0 Å². The zero-order chi connectivity index (χ0) is 44.1.